The fraction of sp³-hybridized carbons (Fsp3) is 0.529. The van der Waals surface area contributed by atoms with Crippen LogP contribution in [0.4, 0.5) is 16.2 Å². The minimum absolute atomic E-state index is 0.00865. The van der Waals surface area contributed by atoms with Crippen LogP contribution in [0.15, 0.2) is 12.1 Å². The summed E-state index contributed by atoms with van der Waals surface area (Å²) in [5.74, 6) is -0.624. The molecule has 0 aliphatic rings. The summed E-state index contributed by atoms with van der Waals surface area (Å²) in [7, 11) is 1.35. The summed E-state index contributed by atoms with van der Waals surface area (Å²) in [5.41, 5.74) is 4.50. The van der Waals surface area contributed by atoms with E-state index in [9.17, 15) is 19.7 Å². The van der Waals surface area contributed by atoms with Gasteiger partial charge in [0.15, 0.2) is 5.69 Å². The summed E-state index contributed by atoms with van der Waals surface area (Å²) in [5, 5.41) is 16.9. The smallest absolute Gasteiger partial charge is 0.407 e. The third-order valence-electron chi connectivity index (χ3n) is 3.36. The molecule has 10 heteroatoms. The lowest BCUT2D eigenvalue weighted by Gasteiger charge is -2.19. The molecular formula is C17H26N4O6. The quantitative estimate of drug-likeness (QED) is 0.338. The fourth-order valence-electron chi connectivity index (χ4n) is 2.19. The Hall–Kier alpha value is -3.04. The van der Waals surface area contributed by atoms with Crippen molar-refractivity contribution in [3.63, 3.8) is 0 Å². The summed E-state index contributed by atoms with van der Waals surface area (Å²) in [6.45, 7) is 6.15. The Labute approximate surface area is 157 Å². The molecule has 2 amide bonds. The zero-order chi connectivity index (χ0) is 20.6. The summed E-state index contributed by atoms with van der Waals surface area (Å²) in [6.07, 6.45) is 0.782. The number of benzene rings is 1. The van der Waals surface area contributed by atoms with E-state index < -0.39 is 22.5 Å². The maximum Gasteiger partial charge on any atom is 0.407 e. The van der Waals surface area contributed by atoms with Crippen molar-refractivity contribution in [1.29, 1.82) is 0 Å². The number of primary amides is 1. The summed E-state index contributed by atoms with van der Waals surface area (Å²) < 4.78 is 10.3. The highest BCUT2D eigenvalue weighted by Gasteiger charge is 2.22. The van der Waals surface area contributed by atoms with Crippen molar-refractivity contribution in [3.05, 3.63) is 27.8 Å². The highest BCUT2D eigenvalue weighted by Crippen LogP contribution is 2.35. The number of nitro benzene ring substituents is 1. The van der Waals surface area contributed by atoms with Crippen LogP contribution in [0.5, 0.6) is 5.75 Å². The Kier molecular flexibility index (Phi) is 7.82. The number of rotatable bonds is 9. The molecule has 0 radical (unpaired) electrons. The van der Waals surface area contributed by atoms with Crippen LogP contribution in [0.1, 0.15) is 44.0 Å². The standard InChI is InChI=1S/C17H26N4O6/c1-17(2,3)27-16(23)20-8-6-5-7-19-14-12(21(24)25)9-11(15(18)22)10-13(14)26-4/h9-10,19H,5-8H2,1-4H3,(H2,18,22)(H,20,23). The van der Waals surface area contributed by atoms with Gasteiger partial charge in [-0.25, -0.2) is 4.79 Å². The van der Waals surface area contributed by atoms with Crippen molar-refractivity contribution in [2.45, 2.75) is 39.2 Å². The Bertz CT molecular complexity index is 699. The number of anilines is 1. The van der Waals surface area contributed by atoms with Crippen molar-refractivity contribution >= 4 is 23.4 Å². The van der Waals surface area contributed by atoms with Crippen LogP contribution in [0.2, 0.25) is 0 Å². The van der Waals surface area contributed by atoms with Crippen molar-refractivity contribution in [2.75, 3.05) is 25.5 Å². The van der Waals surface area contributed by atoms with Crippen LogP contribution in [-0.4, -0.2) is 42.7 Å². The first-order valence-corrected chi connectivity index (χ1v) is 8.42. The van der Waals surface area contributed by atoms with Gasteiger partial charge in [-0.2, -0.15) is 0 Å². The minimum Gasteiger partial charge on any atom is -0.494 e. The number of nitrogens with zero attached hydrogens (tertiary/aromatic N) is 1. The number of nitrogens with two attached hydrogens (primary N) is 1. The van der Waals surface area contributed by atoms with Crippen LogP contribution in [0, 0.1) is 10.1 Å². The number of carbonyl (C=O) groups is 2. The van der Waals surface area contributed by atoms with E-state index in [0.29, 0.717) is 25.9 Å². The number of nitrogens with one attached hydrogen (secondary N) is 2. The Morgan fingerprint density at radius 1 is 1.22 bits per heavy atom. The molecule has 0 bridgehead atoms. The zero-order valence-electron chi connectivity index (χ0n) is 16.0. The zero-order valence-corrected chi connectivity index (χ0v) is 16.0. The van der Waals surface area contributed by atoms with E-state index in [2.05, 4.69) is 10.6 Å². The van der Waals surface area contributed by atoms with Crippen molar-refractivity contribution in [1.82, 2.24) is 5.32 Å². The first-order valence-electron chi connectivity index (χ1n) is 8.42. The molecule has 0 heterocycles. The van der Waals surface area contributed by atoms with Crippen molar-refractivity contribution in [3.8, 4) is 5.75 Å². The van der Waals surface area contributed by atoms with Crippen LogP contribution >= 0.6 is 0 Å². The average molecular weight is 382 g/mol. The molecule has 27 heavy (non-hydrogen) atoms. The molecule has 0 fully saturated rings. The van der Waals surface area contributed by atoms with Crippen LogP contribution < -0.4 is 21.1 Å². The van der Waals surface area contributed by atoms with Gasteiger partial charge in [0.2, 0.25) is 5.91 Å². The van der Waals surface area contributed by atoms with Gasteiger partial charge in [-0.3, -0.25) is 14.9 Å². The molecule has 0 spiro atoms. The number of alkyl carbamates (subject to hydrolysis) is 1. The number of carbonyl (C=O) groups excluding carboxylic acids is 2. The Balaban J connectivity index is 2.60. The number of methoxy groups -OCH3 is 1. The largest absolute Gasteiger partial charge is 0.494 e. The lowest BCUT2D eigenvalue weighted by Crippen LogP contribution is -2.33. The van der Waals surface area contributed by atoms with E-state index in [1.54, 1.807) is 20.8 Å². The van der Waals surface area contributed by atoms with E-state index in [-0.39, 0.29) is 22.7 Å². The van der Waals surface area contributed by atoms with E-state index in [1.807, 2.05) is 0 Å². The van der Waals surface area contributed by atoms with Crippen LogP contribution in [-0.2, 0) is 4.74 Å². The van der Waals surface area contributed by atoms with Gasteiger partial charge in [0.05, 0.1) is 12.0 Å². The normalized spacial score (nSPS) is 10.8. The molecule has 150 valence electrons. The van der Waals surface area contributed by atoms with Gasteiger partial charge < -0.3 is 25.8 Å². The van der Waals surface area contributed by atoms with E-state index in [0.717, 1.165) is 6.07 Å². The molecule has 0 saturated carbocycles. The van der Waals surface area contributed by atoms with Crippen molar-refractivity contribution < 1.29 is 24.0 Å². The molecular weight excluding hydrogens is 356 g/mol. The number of hydrogen-bond donors (Lipinski definition) is 3. The number of nitro groups is 1. The third-order valence-corrected chi connectivity index (χ3v) is 3.36. The van der Waals surface area contributed by atoms with Gasteiger partial charge in [-0.1, -0.05) is 0 Å². The number of unbranched alkanes of at least 4 members (excludes halogenated alkanes) is 1. The summed E-state index contributed by atoms with van der Waals surface area (Å²) in [4.78, 5) is 33.5. The molecule has 1 aromatic rings. The molecule has 0 aliphatic carbocycles. The van der Waals surface area contributed by atoms with Crippen LogP contribution in [0.3, 0.4) is 0 Å². The predicted molar refractivity (Wildman–Crippen MR) is 100 cm³/mol. The molecule has 0 aromatic heterocycles. The number of hydrogen-bond acceptors (Lipinski definition) is 7. The van der Waals surface area contributed by atoms with Crippen LogP contribution in [0.25, 0.3) is 0 Å². The van der Waals surface area contributed by atoms with Crippen molar-refractivity contribution in [2.24, 2.45) is 5.73 Å². The SMILES string of the molecule is COc1cc(C(N)=O)cc([N+](=O)[O-])c1NCCCCNC(=O)OC(C)(C)C. The first kappa shape index (κ1) is 22.0. The highest BCUT2D eigenvalue weighted by atomic mass is 16.6. The van der Waals surface area contributed by atoms with E-state index in [1.165, 1.54) is 13.2 Å². The second-order valence-electron chi connectivity index (χ2n) is 6.76. The second kappa shape index (κ2) is 9.60. The molecule has 1 rings (SSSR count). The monoisotopic (exact) mass is 382 g/mol. The fourth-order valence-corrected chi connectivity index (χ4v) is 2.19. The number of amides is 2. The molecule has 0 unspecified atom stereocenters. The number of ether oxygens (including phenoxy) is 2. The maximum absolute atomic E-state index is 11.5. The first-order chi connectivity index (χ1) is 12.5. The van der Waals surface area contributed by atoms with Gasteiger partial charge in [0.1, 0.15) is 11.4 Å². The van der Waals surface area contributed by atoms with E-state index >= 15 is 0 Å². The third kappa shape index (κ3) is 7.38. The summed E-state index contributed by atoms with van der Waals surface area (Å²) in [6, 6.07) is 2.46. The molecule has 0 saturated heterocycles. The Morgan fingerprint density at radius 3 is 2.37 bits per heavy atom. The van der Waals surface area contributed by atoms with Gasteiger partial charge in [0, 0.05) is 24.7 Å². The highest BCUT2D eigenvalue weighted by molar-refractivity contribution is 5.95. The topological polar surface area (TPSA) is 146 Å². The van der Waals surface area contributed by atoms with Gasteiger partial charge in [-0.05, 0) is 39.7 Å². The molecule has 10 nitrogen and oxygen atoms in total. The summed E-state index contributed by atoms with van der Waals surface area (Å²) >= 11 is 0. The second-order valence-corrected chi connectivity index (χ2v) is 6.76. The lowest BCUT2D eigenvalue weighted by molar-refractivity contribution is -0.384. The Morgan fingerprint density at radius 2 is 1.85 bits per heavy atom. The molecule has 1 aromatic carbocycles. The average Bonchev–Trinajstić information content (AvgIpc) is 2.55. The van der Waals surface area contributed by atoms with Gasteiger partial charge >= 0.3 is 6.09 Å². The van der Waals surface area contributed by atoms with Gasteiger partial charge in [-0.15, -0.1) is 0 Å². The van der Waals surface area contributed by atoms with E-state index in [4.69, 9.17) is 15.2 Å². The molecule has 0 aliphatic heterocycles. The minimum atomic E-state index is -0.781. The molecule has 4 N–H and O–H groups in total. The predicted octanol–water partition coefficient (Wildman–Crippen LogP) is 2.42. The molecule has 0 atom stereocenters. The maximum atomic E-state index is 11.5. The van der Waals surface area contributed by atoms with Gasteiger partial charge in [0.25, 0.3) is 5.69 Å². The lowest BCUT2D eigenvalue weighted by atomic mass is 10.1.